The number of benzene rings is 7. The predicted octanol–water partition coefficient (Wildman–Crippen LogP) is 12.3. The molecular formula is C49H34N4. The van der Waals surface area contributed by atoms with Gasteiger partial charge in [-0.15, -0.1) is 0 Å². The third-order valence-corrected chi connectivity index (χ3v) is 11.3. The molecule has 0 amide bonds. The van der Waals surface area contributed by atoms with Crippen LogP contribution in [-0.4, -0.2) is 19.1 Å². The lowest BCUT2D eigenvalue weighted by Crippen LogP contribution is -2.14. The lowest BCUT2D eigenvalue weighted by atomic mass is 9.82. The van der Waals surface area contributed by atoms with Crippen molar-refractivity contribution in [3.05, 3.63) is 181 Å². The van der Waals surface area contributed by atoms with E-state index in [1.165, 1.54) is 49.4 Å². The molecule has 0 radical (unpaired) electrons. The Balaban J connectivity index is 1.14. The van der Waals surface area contributed by atoms with Crippen LogP contribution in [0.3, 0.4) is 0 Å². The van der Waals surface area contributed by atoms with Crippen molar-refractivity contribution in [2.45, 2.75) is 19.3 Å². The Labute approximate surface area is 307 Å². The van der Waals surface area contributed by atoms with Gasteiger partial charge in [0.25, 0.3) is 0 Å². The third-order valence-electron chi connectivity index (χ3n) is 11.3. The van der Waals surface area contributed by atoms with Crippen LogP contribution in [0, 0.1) is 0 Å². The topological polar surface area (TPSA) is 35.6 Å². The molecule has 10 aromatic rings. The van der Waals surface area contributed by atoms with Crippen molar-refractivity contribution in [2.24, 2.45) is 0 Å². The van der Waals surface area contributed by atoms with E-state index in [2.05, 4.69) is 193 Å². The minimum atomic E-state index is -0.0998. The van der Waals surface area contributed by atoms with E-state index in [4.69, 9.17) is 9.97 Å². The first-order chi connectivity index (χ1) is 26.0. The molecule has 0 fully saturated rings. The van der Waals surface area contributed by atoms with Crippen LogP contribution in [-0.2, 0) is 5.41 Å². The van der Waals surface area contributed by atoms with Gasteiger partial charge in [-0.2, -0.15) is 0 Å². The van der Waals surface area contributed by atoms with Crippen molar-refractivity contribution < 1.29 is 0 Å². The van der Waals surface area contributed by atoms with Crippen molar-refractivity contribution in [1.29, 1.82) is 0 Å². The number of hydrogen-bond donors (Lipinski definition) is 0. The maximum absolute atomic E-state index is 5.39. The molecule has 0 N–H and O–H groups in total. The first-order valence-corrected chi connectivity index (χ1v) is 18.3. The van der Waals surface area contributed by atoms with Crippen LogP contribution in [0.2, 0.25) is 0 Å². The van der Waals surface area contributed by atoms with Crippen molar-refractivity contribution in [2.75, 3.05) is 0 Å². The van der Waals surface area contributed by atoms with Gasteiger partial charge in [-0.25, -0.2) is 9.97 Å². The summed E-state index contributed by atoms with van der Waals surface area (Å²) in [6.45, 7) is 4.66. The lowest BCUT2D eigenvalue weighted by Gasteiger charge is -2.22. The summed E-state index contributed by atoms with van der Waals surface area (Å²) in [6, 6.07) is 58.8. The summed E-state index contributed by atoms with van der Waals surface area (Å²) >= 11 is 0. The van der Waals surface area contributed by atoms with Crippen LogP contribution in [0.4, 0.5) is 0 Å². The van der Waals surface area contributed by atoms with E-state index in [-0.39, 0.29) is 5.41 Å². The van der Waals surface area contributed by atoms with Gasteiger partial charge in [-0.3, -0.25) is 0 Å². The SMILES string of the molecule is CC1(C)c2ccccc2-c2ccc(-c3nc(-c4ccc5c(c4)c4ccc6ccn(-c7ccccc7)c6c4n5-c4ccccc4)nc4ccccc34)cc21. The van der Waals surface area contributed by atoms with Crippen molar-refractivity contribution in [3.63, 3.8) is 0 Å². The number of para-hydroxylation sites is 3. The zero-order valence-corrected chi connectivity index (χ0v) is 29.5. The molecule has 53 heavy (non-hydrogen) atoms. The number of fused-ring (bicyclic) bond motifs is 9. The van der Waals surface area contributed by atoms with Crippen molar-refractivity contribution >= 4 is 43.6 Å². The Kier molecular flexibility index (Phi) is 6.27. The first-order valence-electron chi connectivity index (χ1n) is 18.3. The molecular weight excluding hydrogens is 645 g/mol. The van der Waals surface area contributed by atoms with Gasteiger partial charge in [0, 0.05) is 55.7 Å². The zero-order chi connectivity index (χ0) is 35.3. The Morgan fingerprint density at radius 1 is 0.491 bits per heavy atom. The molecule has 0 saturated carbocycles. The third kappa shape index (κ3) is 4.36. The van der Waals surface area contributed by atoms with Crippen LogP contribution in [0.1, 0.15) is 25.0 Å². The van der Waals surface area contributed by atoms with Gasteiger partial charge in [0.1, 0.15) is 0 Å². The molecule has 3 aromatic heterocycles. The second-order valence-corrected chi connectivity index (χ2v) is 14.7. The number of rotatable bonds is 4. The molecule has 0 bridgehead atoms. The average molecular weight is 679 g/mol. The van der Waals surface area contributed by atoms with E-state index in [1.54, 1.807) is 0 Å². The summed E-state index contributed by atoms with van der Waals surface area (Å²) in [5, 5.41) is 4.61. The second kappa shape index (κ2) is 11.1. The fourth-order valence-electron chi connectivity index (χ4n) is 8.79. The molecule has 7 aromatic carbocycles. The molecule has 250 valence electrons. The van der Waals surface area contributed by atoms with Gasteiger partial charge in [0.15, 0.2) is 5.82 Å². The molecule has 1 aliphatic rings. The molecule has 4 nitrogen and oxygen atoms in total. The molecule has 3 heterocycles. The highest BCUT2D eigenvalue weighted by Crippen LogP contribution is 2.50. The highest BCUT2D eigenvalue weighted by molar-refractivity contribution is 6.18. The first kappa shape index (κ1) is 29.9. The Hall–Kier alpha value is -6.78. The van der Waals surface area contributed by atoms with E-state index in [0.717, 1.165) is 50.4 Å². The molecule has 11 rings (SSSR count). The molecule has 0 saturated heterocycles. The van der Waals surface area contributed by atoms with Crippen LogP contribution in [0.15, 0.2) is 170 Å². The summed E-state index contributed by atoms with van der Waals surface area (Å²) in [7, 11) is 0. The fraction of sp³-hybridized carbons (Fsp3) is 0.0612. The average Bonchev–Trinajstić information content (AvgIpc) is 3.86. The van der Waals surface area contributed by atoms with Crippen LogP contribution >= 0.6 is 0 Å². The summed E-state index contributed by atoms with van der Waals surface area (Å²) in [5.74, 6) is 0.720. The lowest BCUT2D eigenvalue weighted by molar-refractivity contribution is 0.660. The minimum absolute atomic E-state index is 0.0998. The van der Waals surface area contributed by atoms with Gasteiger partial charge < -0.3 is 9.13 Å². The molecule has 0 spiro atoms. The fourth-order valence-corrected chi connectivity index (χ4v) is 8.79. The quantitative estimate of drug-likeness (QED) is 0.186. The summed E-state index contributed by atoms with van der Waals surface area (Å²) in [5.41, 5.74) is 15.0. The zero-order valence-electron chi connectivity index (χ0n) is 29.5. The maximum atomic E-state index is 5.39. The molecule has 4 heteroatoms. The largest absolute Gasteiger partial charge is 0.315 e. The monoisotopic (exact) mass is 678 g/mol. The summed E-state index contributed by atoms with van der Waals surface area (Å²) in [6.07, 6.45) is 2.18. The van der Waals surface area contributed by atoms with Gasteiger partial charge in [-0.05, 0) is 82.9 Å². The second-order valence-electron chi connectivity index (χ2n) is 14.7. The van der Waals surface area contributed by atoms with Crippen molar-refractivity contribution in [1.82, 2.24) is 19.1 Å². The summed E-state index contributed by atoms with van der Waals surface area (Å²) < 4.78 is 4.72. The number of nitrogens with zero attached hydrogens (tertiary/aromatic N) is 4. The standard InChI is InChI=1S/C49H34N4/c1-49(2)41-19-11-9-17-36(41)37-24-22-32(30-42(37)49)45-39-18-10-12-20-43(39)50-48(51-45)33-23-26-44-40(29-33)38-25-21-31-27-28-52(34-13-5-3-6-14-34)46(31)47(38)53(44)35-15-7-4-8-16-35/h3-30H,1-2H3. The number of aromatic nitrogens is 4. The van der Waals surface area contributed by atoms with Gasteiger partial charge in [-0.1, -0.05) is 117 Å². The van der Waals surface area contributed by atoms with Crippen LogP contribution < -0.4 is 0 Å². The normalized spacial score (nSPS) is 13.2. The minimum Gasteiger partial charge on any atom is -0.315 e. The van der Waals surface area contributed by atoms with Crippen molar-refractivity contribution in [3.8, 4) is 45.1 Å². The summed E-state index contributed by atoms with van der Waals surface area (Å²) in [4.78, 5) is 10.6. The van der Waals surface area contributed by atoms with Crippen LogP contribution in [0.5, 0.6) is 0 Å². The Morgan fingerprint density at radius 2 is 1.21 bits per heavy atom. The molecule has 1 aliphatic carbocycles. The van der Waals surface area contributed by atoms with Gasteiger partial charge in [0.2, 0.25) is 0 Å². The Bertz CT molecular complexity index is 3080. The van der Waals surface area contributed by atoms with Gasteiger partial charge >= 0.3 is 0 Å². The number of hydrogen-bond acceptors (Lipinski definition) is 2. The molecule has 0 unspecified atom stereocenters. The van der Waals surface area contributed by atoms with E-state index >= 15 is 0 Å². The molecule has 0 aliphatic heterocycles. The van der Waals surface area contributed by atoms with Crippen LogP contribution in [0.25, 0.3) is 88.8 Å². The smallest absolute Gasteiger partial charge is 0.160 e. The highest BCUT2D eigenvalue weighted by atomic mass is 15.0. The Morgan fingerprint density at radius 3 is 2.06 bits per heavy atom. The van der Waals surface area contributed by atoms with Gasteiger partial charge in [0.05, 0.1) is 27.8 Å². The van der Waals surface area contributed by atoms with E-state index < -0.39 is 0 Å². The van der Waals surface area contributed by atoms with E-state index in [0.29, 0.717) is 0 Å². The highest BCUT2D eigenvalue weighted by Gasteiger charge is 2.35. The molecule has 0 atom stereocenters. The van der Waals surface area contributed by atoms with E-state index in [1.807, 2.05) is 0 Å². The maximum Gasteiger partial charge on any atom is 0.160 e. The van der Waals surface area contributed by atoms with E-state index in [9.17, 15) is 0 Å². The predicted molar refractivity (Wildman–Crippen MR) is 219 cm³/mol.